The second kappa shape index (κ2) is 13.7. The van der Waals surface area contributed by atoms with Crippen LogP contribution in [0.25, 0.3) is 0 Å². The molecule has 0 radical (unpaired) electrons. The average Bonchev–Trinajstić information content (AvgIpc) is 2.47. The Morgan fingerprint density at radius 1 is 1.00 bits per heavy atom. The zero-order valence-corrected chi connectivity index (χ0v) is 13.1. The third-order valence-corrected chi connectivity index (χ3v) is 3.54. The molecule has 0 bridgehead atoms. The molecular formula is C16H29NO4. The highest BCUT2D eigenvalue weighted by Crippen LogP contribution is 2.11. The molecule has 0 aromatic carbocycles. The summed E-state index contributed by atoms with van der Waals surface area (Å²) in [6, 6.07) is -0.505. The van der Waals surface area contributed by atoms with Crippen molar-refractivity contribution in [3.63, 3.8) is 0 Å². The van der Waals surface area contributed by atoms with Gasteiger partial charge in [0.25, 0.3) is 0 Å². The zero-order chi connectivity index (χ0) is 15.9. The number of hydrogen-bond acceptors (Lipinski definition) is 5. The van der Waals surface area contributed by atoms with Crippen molar-refractivity contribution in [2.75, 3.05) is 0 Å². The van der Waals surface area contributed by atoms with Crippen LogP contribution in [-0.2, 0) is 19.1 Å². The van der Waals surface area contributed by atoms with Crippen LogP contribution in [0.4, 0.5) is 0 Å². The molecule has 0 saturated carbocycles. The first-order valence-electron chi connectivity index (χ1n) is 8.03. The molecule has 0 aromatic heterocycles. The normalized spacial score (nSPS) is 11.9. The van der Waals surface area contributed by atoms with Crippen molar-refractivity contribution in [3.05, 3.63) is 0 Å². The van der Waals surface area contributed by atoms with Crippen LogP contribution < -0.4 is 5.73 Å². The van der Waals surface area contributed by atoms with Crippen molar-refractivity contribution in [1.29, 1.82) is 0 Å². The summed E-state index contributed by atoms with van der Waals surface area (Å²) in [5.41, 5.74) is 5.79. The fourth-order valence-corrected chi connectivity index (χ4v) is 2.18. The molecule has 0 aliphatic heterocycles. The molecule has 2 N–H and O–H groups in total. The van der Waals surface area contributed by atoms with Gasteiger partial charge in [-0.3, -0.25) is 14.4 Å². The van der Waals surface area contributed by atoms with E-state index < -0.39 is 12.0 Å². The SMILES string of the molecule is CCCCCCCCCCC(N)C(=O)CCC(=O)OC=O. The van der Waals surface area contributed by atoms with E-state index in [1.54, 1.807) is 0 Å². The number of unbranched alkanes of at least 4 members (excludes halogenated alkanes) is 7. The molecule has 0 rings (SSSR count). The smallest absolute Gasteiger partial charge is 0.313 e. The molecular weight excluding hydrogens is 270 g/mol. The van der Waals surface area contributed by atoms with E-state index in [4.69, 9.17) is 5.73 Å². The van der Waals surface area contributed by atoms with Gasteiger partial charge in [-0.05, 0) is 6.42 Å². The Morgan fingerprint density at radius 2 is 1.57 bits per heavy atom. The quantitative estimate of drug-likeness (QED) is 0.231. The highest BCUT2D eigenvalue weighted by Gasteiger charge is 2.15. The van der Waals surface area contributed by atoms with Gasteiger partial charge in [0.1, 0.15) is 5.78 Å². The molecule has 1 atom stereocenters. The lowest BCUT2D eigenvalue weighted by Crippen LogP contribution is -2.30. The Bertz CT molecular complexity index is 305. The summed E-state index contributed by atoms with van der Waals surface area (Å²) in [5.74, 6) is -0.821. The van der Waals surface area contributed by atoms with Crippen molar-refractivity contribution in [1.82, 2.24) is 0 Å². The summed E-state index contributed by atoms with van der Waals surface area (Å²) in [7, 11) is 0. The number of Topliss-reactive ketones (excluding diaryl/α,β-unsaturated/α-hetero) is 1. The number of nitrogens with two attached hydrogens (primary N) is 1. The van der Waals surface area contributed by atoms with Crippen LogP contribution in [0.3, 0.4) is 0 Å². The van der Waals surface area contributed by atoms with Gasteiger partial charge in [0.15, 0.2) is 0 Å². The largest absolute Gasteiger partial charge is 0.395 e. The lowest BCUT2D eigenvalue weighted by molar-refractivity contribution is -0.152. The number of rotatable bonds is 14. The van der Waals surface area contributed by atoms with E-state index in [1.807, 2.05) is 0 Å². The van der Waals surface area contributed by atoms with Crippen LogP contribution >= 0.6 is 0 Å². The standard InChI is InChI=1S/C16H29NO4/c1-2-3-4-5-6-7-8-9-10-14(17)15(19)11-12-16(20)21-13-18/h13-14H,2-12,17H2,1H3. The number of ether oxygens (including phenoxy) is 1. The fourth-order valence-electron chi connectivity index (χ4n) is 2.18. The van der Waals surface area contributed by atoms with E-state index in [-0.39, 0.29) is 25.1 Å². The molecule has 1 unspecified atom stereocenters. The Morgan fingerprint density at radius 3 is 2.14 bits per heavy atom. The first kappa shape index (κ1) is 19.8. The Labute approximate surface area is 127 Å². The lowest BCUT2D eigenvalue weighted by Gasteiger charge is -2.09. The van der Waals surface area contributed by atoms with E-state index in [0.29, 0.717) is 6.42 Å². The molecule has 5 nitrogen and oxygen atoms in total. The van der Waals surface area contributed by atoms with Gasteiger partial charge >= 0.3 is 12.4 Å². The van der Waals surface area contributed by atoms with E-state index in [9.17, 15) is 14.4 Å². The van der Waals surface area contributed by atoms with Crippen LogP contribution in [-0.4, -0.2) is 24.3 Å². The molecule has 0 fully saturated rings. The molecule has 0 heterocycles. The Kier molecular flexibility index (Phi) is 12.9. The van der Waals surface area contributed by atoms with Crippen LogP contribution in [0.15, 0.2) is 0 Å². The number of carbonyl (C=O) groups is 3. The van der Waals surface area contributed by atoms with Crippen molar-refractivity contribution in [3.8, 4) is 0 Å². The minimum Gasteiger partial charge on any atom is -0.395 e. The highest BCUT2D eigenvalue weighted by molar-refractivity contribution is 5.87. The van der Waals surface area contributed by atoms with Crippen molar-refractivity contribution < 1.29 is 19.1 Å². The maximum Gasteiger partial charge on any atom is 0.313 e. The molecule has 0 aliphatic rings. The molecule has 5 heteroatoms. The molecule has 122 valence electrons. The van der Waals surface area contributed by atoms with Gasteiger partial charge in [-0.15, -0.1) is 0 Å². The topological polar surface area (TPSA) is 86.5 Å². The number of hydrogen-bond donors (Lipinski definition) is 1. The average molecular weight is 299 g/mol. The fraction of sp³-hybridized carbons (Fsp3) is 0.812. The molecule has 0 spiro atoms. The highest BCUT2D eigenvalue weighted by atomic mass is 16.6. The van der Waals surface area contributed by atoms with E-state index >= 15 is 0 Å². The molecule has 21 heavy (non-hydrogen) atoms. The summed E-state index contributed by atoms with van der Waals surface area (Å²) >= 11 is 0. The summed E-state index contributed by atoms with van der Waals surface area (Å²) in [6.07, 6.45) is 10.3. The third kappa shape index (κ3) is 12.2. The maximum absolute atomic E-state index is 11.7. The zero-order valence-electron chi connectivity index (χ0n) is 13.1. The molecule has 0 saturated heterocycles. The number of esters is 1. The van der Waals surface area contributed by atoms with Gasteiger partial charge < -0.3 is 10.5 Å². The molecule has 0 amide bonds. The number of carbonyl (C=O) groups excluding carboxylic acids is 3. The van der Waals surface area contributed by atoms with Crippen LogP contribution in [0.2, 0.25) is 0 Å². The summed E-state index contributed by atoms with van der Waals surface area (Å²) in [4.78, 5) is 32.5. The summed E-state index contributed by atoms with van der Waals surface area (Å²) in [6.45, 7) is 2.28. The summed E-state index contributed by atoms with van der Waals surface area (Å²) in [5, 5.41) is 0. The monoisotopic (exact) mass is 299 g/mol. The minimum absolute atomic E-state index is 0.0465. The van der Waals surface area contributed by atoms with Gasteiger partial charge in [0.2, 0.25) is 0 Å². The van der Waals surface area contributed by atoms with Crippen molar-refractivity contribution in [2.24, 2.45) is 5.73 Å². The van der Waals surface area contributed by atoms with E-state index in [1.165, 1.54) is 38.5 Å². The maximum atomic E-state index is 11.7. The van der Waals surface area contributed by atoms with Gasteiger partial charge in [-0.2, -0.15) is 0 Å². The molecule has 0 aromatic rings. The van der Waals surface area contributed by atoms with Crippen molar-refractivity contribution in [2.45, 2.75) is 83.6 Å². The lowest BCUT2D eigenvalue weighted by atomic mass is 10.0. The van der Waals surface area contributed by atoms with Crippen LogP contribution in [0, 0.1) is 0 Å². The second-order valence-electron chi connectivity index (χ2n) is 5.42. The first-order chi connectivity index (χ1) is 10.1. The van der Waals surface area contributed by atoms with E-state index in [0.717, 1.165) is 12.8 Å². The van der Waals surface area contributed by atoms with Crippen LogP contribution in [0.1, 0.15) is 77.6 Å². The summed E-state index contributed by atoms with van der Waals surface area (Å²) < 4.78 is 4.11. The minimum atomic E-state index is -0.683. The van der Waals surface area contributed by atoms with Gasteiger partial charge in [0, 0.05) is 6.42 Å². The third-order valence-electron chi connectivity index (χ3n) is 3.54. The Hall–Kier alpha value is -1.23. The van der Waals surface area contributed by atoms with Gasteiger partial charge in [0.05, 0.1) is 12.5 Å². The predicted molar refractivity (Wildman–Crippen MR) is 81.6 cm³/mol. The van der Waals surface area contributed by atoms with Gasteiger partial charge in [-0.25, -0.2) is 0 Å². The first-order valence-corrected chi connectivity index (χ1v) is 8.03. The van der Waals surface area contributed by atoms with Gasteiger partial charge in [-0.1, -0.05) is 58.3 Å². The second-order valence-corrected chi connectivity index (χ2v) is 5.42. The predicted octanol–water partition coefficient (Wildman–Crippen LogP) is 2.89. The Balaban J connectivity index is 3.51. The van der Waals surface area contributed by atoms with Crippen LogP contribution in [0.5, 0.6) is 0 Å². The van der Waals surface area contributed by atoms with E-state index in [2.05, 4.69) is 11.7 Å². The van der Waals surface area contributed by atoms with Crippen molar-refractivity contribution >= 4 is 18.2 Å². The number of ketones is 1. The molecule has 0 aliphatic carbocycles.